The molecule has 0 aromatic carbocycles. The third-order valence-electron chi connectivity index (χ3n) is 1.20. The van der Waals surface area contributed by atoms with Gasteiger partial charge in [0, 0.05) is 0 Å². The molecule has 0 aromatic rings. The minimum absolute atomic E-state index is 0.0492. The van der Waals surface area contributed by atoms with E-state index in [9.17, 15) is 0 Å². The largest absolute Gasteiger partial charge is 0.385 e. The van der Waals surface area contributed by atoms with Gasteiger partial charge in [0.25, 0.3) is 0 Å². The number of hydrogen-bond acceptors (Lipinski definition) is 4. The lowest BCUT2D eigenvalue weighted by atomic mass is 10.4. The molecule has 0 spiro atoms. The second-order valence-electron chi connectivity index (χ2n) is 1.80. The number of nitriles is 2. The maximum atomic E-state index is 8.32. The highest BCUT2D eigenvalue weighted by Gasteiger charge is 2.32. The lowest BCUT2D eigenvalue weighted by Crippen LogP contribution is -2.08. The molecule has 0 saturated heterocycles. The number of rotatable bonds is 0. The van der Waals surface area contributed by atoms with E-state index in [4.69, 9.17) is 22.0 Å². The van der Waals surface area contributed by atoms with Gasteiger partial charge in [-0.1, -0.05) is 0 Å². The van der Waals surface area contributed by atoms with Crippen LogP contribution >= 0.6 is 0 Å². The molecule has 48 valence electrons. The molecule has 0 unspecified atom stereocenters. The third kappa shape index (κ3) is 0.602. The van der Waals surface area contributed by atoms with Crippen LogP contribution in [0.25, 0.3) is 0 Å². The van der Waals surface area contributed by atoms with Crippen molar-refractivity contribution in [1.29, 1.82) is 10.5 Å². The molecule has 0 heterocycles. The predicted octanol–water partition coefficient (Wildman–Crippen LogP) is -0.527. The summed E-state index contributed by atoms with van der Waals surface area (Å²) in [6, 6.07) is 3.62. The number of nitrogens with two attached hydrogens (primary N) is 2. The molecule has 4 N–H and O–H groups in total. The van der Waals surface area contributed by atoms with Crippen LogP contribution in [0.2, 0.25) is 0 Å². The summed E-state index contributed by atoms with van der Waals surface area (Å²) in [6.45, 7) is 0. The number of nitrogens with zero attached hydrogens (tertiary/aromatic N) is 2. The van der Waals surface area contributed by atoms with E-state index in [2.05, 4.69) is 0 Å². The Balaban J connectivity index is 3.01. The van der Waals surface area contributed by atoms with E-state index < -0.39 is 0 Å². The van der Waals surface area contributed by atoms with Gasteiger partial charge in [-0.25, -0.2) is 0 Å². The van der Waals surface area contributed by atoms with Crippen molar-refractivity contribution in [2.45, 2.75) is 0 Å². The molecule has 1 aliphatic carbocycles. The molecule has 0 aromatic heterocycles. The van der Waals surface area contributed by atoms with Gasteiger partial charge in [0.15, 0.2) is 0 Å². The van der Waals surface area contributed by atoms with Crippen LogP contribution in [-0.2, 0) is 0 Å². The van der Waals surface area contributed by atoms with E-state index in [1.165, 1.54) is 0 Å². The van der Waals surface area contributed by atoms with Gasteiger partial charge in [0.1, 0.15) is 18.0 Å². The summed E-state index contributed by atoms with van der Waals surface area (Å²) < 4.78 is 0. The molecular formula is C6H4N4. The molecule has 0 fully saturated rings. The third-order valence-corrected chi connectivity index (χ3v) is 1.20. The summed E-state index contributed by atoms with van der Waals surface area (Å²) in [5, 5.41) is 16.6. The van der Waals surface area contributed by atoms with Gasteiger partial charge in [-0.2, -0.15) is 10.5 Å². The average Bonchev–Trinajstić information content (AvgIpc) is 2.60. The summed E-state index contributed by atoms with van der Waals surface area (Å²) in [5.41, 5.74) is 11.4. The fraction of sp³-hybridized carbons (Fsp3) is 0. The van der Waals surface area contributed by atoms with Crippen molar-refractivity contribution in [3.05, 3.63) is 22.5 Å². The minimum atomic E-state index is 0.0492. The van der Waals surface area contributed by atoms with Crippen molar-refractivity contribution in [2.24, 2.45) is 11.5 Å². The molecule has 1 rings (SSSR count). The Hall–Kier alpha value is -1.94. The van der Waals surface area contributed by atoms with Crippen LogP contribution in [0, 0.1) is 22.7 Å². The summed E-state index contributed by atoms with van der Waals surface area (Å²) in [7, 11) is 0. The molecule has 0 bridgehead atoms. The van der Waals surface area contributed by atoms with Crippen LogP contribution in [0.3, 0.4) is 0 Å². The lowest BCUT2D eigenvalue weighted by molar-refractivity contribution is 1.23. The van der Waals surface area contributed by atoms with Crippen LogP contribution in [0.5, 0.6) is 0 Å². The quantitative estimate of drug-likeness (QED) is 0.462. The summed E-state index contributed by atoms with van der Waals surface area (Å²) >= 11 is 0. The lowest BCUT2D eigenvalue weighted by Gasteiger charge is -1.83. The monoisotopic (exact) mass is 132 g/mol. The SMILES string of the molecule is N#CC1=C(C#N)C1=C(N)N. The van der Waals surface area contributed by atoms with Crippen molar-refractivity contribution in [3.8, 4) is 12.1 Å². The molecule has 4 heteroatoms. The summed E-state index contributed by atoms with van der Waals surface area (Å²) in [4.78, 5) is 0. The maximum absolute atomic E-state index is 8.32. The Kier molecular flexibility index (Phi) is 1.10. The smallest absolute Gasteiger partial charge is 0.104 e. The average molecular weight is 132 g/mol. The highest BCUT2D eigenvalue weighted by atomic mass is 14.8. The van der Waals surface area contributed by atoms with E-state index in [0.29, 0.717) is 16.7 Å². The molecule has 10 heavy (non-hydrogen) atoms. The Bertz CT molecular complexity index is 291. The highest BCUT2D eigenvalue weighted by Crippen LogP contribution is 2.37. The van der Waals surface area contributed by atoms with Crippen molar-refractivity contribution in [2.75, 3.05) is 0 Å². The molecule has 0 aliphatic heterocycles. The van der Waals surface area contributed by atoms with Crippen molar-refractivity contribution < 1.29 is 0 Å². The van der Waals surface area contributed by atoms with Gasteiger partial charge in [0.2, 0.25) is 0 Å². The van der Waals surface area contributed by atoms with Crippen LogP contribution in [0.15, 0.2) is 22.5 Å². The van der Waals surface area contributed by atoms with Crippen molar-refractivity contribution in [1.82, 2.24) is 0 Å². The van der Waals surface area contributed by atoms with E-state index in [-0.39, 0.29) is 5.82 Å². The van der Waals surface area contributed by atoms with Gasteiger partial charge in [-0.3, -0.25) is 0 Å². The van der Waals surface area contributed by atoms with Crippen molar-refractivity contribution >= 4 is 0 Å². The first-order valence-electron chi connectivity index (χ1n) is 2.52. The normalized spacial score (nSPS) is 14.0. The van der Waals surface area contributed by atoms with Gasteiger partial charge in [0.05, 0.1) is 16.7 Å². The fourth-order valence-electron chi connectivity index (χ4n) is 0.700. The molecular weight excluding hydrogens is 128 g/mol. The highest BCUT2D eigenvalue weighted by molar-refractivity contribution is 5.79. The molecule has 1 aliphatic rings. The molecule has 0 atom stereocenters. The summed E-state index contributed by atoms with van der Waals surface area (Å²) in [5.74, 6) is 0.0492. The van der Waals surface area contributed by atoms with E-state index in [1.807, 2.05) is 12.1 Å². The maximum Gasteiger partial charge on any atom is 0.104 e. The van der Waals surface area contributed by atoms with Gasteiger partial charge in [-0.05, 0) is 0 Å². The standard InChI is InChI=1S/C6H4N4/c7-1-3-4(2-8)5(3)6(9)10/h9-10H2. The first-order valence-corrected chi connectivity index (χ1v) is 2.52. The van der Waals surface area contributed by atoms with Crippen LogP contribution in [0.4, 0.5) is 0 Å². The van der Waals surface area contributed by atoms with E-state index >= 15 is 0 Å². The first kappa shape index (κ1) is 6.18. The van der Waals surface area contributed by atoms with Gasteiger partial charge in [-0.15, -0.1) is 0 Å². The van der Waals surface area contributed by atoms with Gasteiger partial charge < -0.3 is 11.5 Å². The summed E-state index contributed by atoms with van der Waals surface area (Å²) in [6.07, 6.45) is 0. The second kappa shape index (κ2) is 1.78. The fourth-order valence-corrected chi connectivity index (χ4v) is 0.700. The Morgan fingerprint density at radius 3 is 1.60 bits per heavy atom. The topological polar surface area (TPSA) is 99.6 Å². The number of allylic oxidation sites excluding steroid dienone is 3. The van der Waals surface area contributed by atoms with E-state index in [0.717, 1.165) is 0 Å². The zero-order chi connectivity index (χ0) is 7.72. The Morgan fingerprint density at radius 2 is 1.50 bits per heavy atom. The minimum Gasteiger partial charge on any atom is -0.385 e. The van der Waals surface area contributed by atoms with Crippen LogP contribution < -0.4 is 11.5 Å². The Morgan fingerprint density at radius 1 is 1.10 bits per heavy atom. The zero-order valence-corrected chi connectivity index (χ0v) is 5.05. The molecule has 0 saturated carbocycles. The van der Waals surface area contributed by atoms with Crippen LogP contribution in [0.1, 0.15) is 0 Å². The first-order chi connectivity index (χ1) is 4.72. The zero-order valence-electron chi connectivity index (χ0n) is 5.05. The van der Waals surface area contributed by atoms with Gasteiger partial charge >= 0.3 is 0 Å². The molecule has 0 amide bonds. The van der Waals surface area contributed by atoms with Crippen LogP contribution in [-0.4, -0.2) is 0 Å². The predicted molar refractivity (Wildman–Crippen MR) is 33.7 cm³/mol. The number of hydrogen-bond donors (Lipinski definition) is 2. The Labute approximate surface area is 57.6 Å². The van der Waals surface area contributed by atoms with Crippen molar-refractivity contribution in [3.63, 3.8) is 0 Å². The second-order valence-corrected chi connectivity index (χ2v) is 1.80. The molecule has 4 nitrogen and oxygen atoms in total. The molecule has 0 radical (unpaired) electrons. The van der Waals surface area contributed by atoms with E-state index in [1.54, 1.807) is 0 Å².